The van der Waals surface area contributed by atoms with Crippen LogP contribution < -0.4 is 5.32 Å². The fraction of sp³-hybridized carbons (Fsp3) is 0.600. The van der Waals surface area contributed by atoms with Crippen LogP contribution in [0.1, 0.15) is 26.8 Å². The Labute approximate surface area is 84.3 Å². The van der Waals surface area contributed by atoms with Gasteiger partial charge in [-0.25, -0.2) is 4.98 Å². The van der Waals surface area contributed by atoms with Gasteiger partial charge >= 0.3 is 0 Å². The van der Waals surface area contributed by atoms with Gasteiger partial charge < -0.3 is 9.88 Å². The second kappa shape index (κ2) is 4.79. The number of hydrogen-bond donors (Lipinski definition) is 1. The van der Waals surface area contributed by atoms with Crippen LogP contribution in [0.15, 0.2) is 18.7 Å². The number of nitrogens with zero attached hydrogens (tertiary/aromatic N) is 2. The van der Waals surface area contributed by atoms with E-state index in [1.165, 1.54) is 0 Å². The molecule has 0 radical (unpaired) electrons. The summed E-state index contributed by atoms with van der Waals surface area (Å²) < 4.78 is 1.79. The average molecular weight is 195 g/mol. The first-order valence-corrected chi connectivity index (χ1v) is 4.86. The van der Waals surface area contributed by atoms with E-state index >= 15 is 0 Å². The molecule has 0 saturated heterocycles. The molecule has 1 aromatic rings. The molecule has 1 heterocycles. The van der Waals surface area contributed by atoms with Crippen molar-refractivity contribution in [1.82, 2.24) is 14.9 Å². The molecule has 1 rings (SSSR count). The summed E-state index contributed by atoms with van der Waals surface area (Å²) >= 11 is 0. The highest BCUT2D eigenvalue weighted by atomic mass is 16.2. The first-order valence-electron chi connectivity index (χ1n) is 4.86. The molecular weight excluding hydrogens is 178 g/mol. The molecule has 0 aromatic carbocycles. The van der Waals surface area contributed by atoms with Crippen LogP contribution in [0.25, 0.3) is 0 Å². The van der Waals surface area contributed by atoms with Crippen molar-refractivity contribution < 1.29 is 4.79 Å². The molecule has 0 fully saturated rings. The van der Waals surface area contributed by atoms with Crippen LogP contribution in [0.5, 0.6) is 0 Å². The third kappa shape index (κ3) is 2.87. The van der Waals surface area contributed by atoms with Crippen LogP contribution in [0, 0.1) is 5.92 Å². The molecule has 0 saturated carbocycles. The Morgan fingerprint density at radius 2 is 2.21 bits per heavy atom. The third-order valence-corrected chi connectivity index (χ3v) is 2.04. The van der Waals surface area contributed by atoms with Gasteiger partial charge in [-0.05, 0) is 12.8 Å². The number of rotatable bonds is 4. The van der Waals surface area contributed by atoms with Crippen LogP contribution in [-0.4, -0.2) is 22.0 Å². The van der Waals surface area contributed by atoms with E-state index in [0.29, 0.717) is 5.92 Å². The Hall–Kier alpha value is -1.32. The number of hydrogen-bond acceptors (Lipinski definition) is 2. The average Bonchev–Trinajstić information content (AvgIpc) is 2.65. The van der Waals surface area contributed by atoms with Crippen molar-refractivity contribution in [2.24, 2.45) is 5.92 Å². The molecule has 1 unspecified atom stereocenters. The second-order valence-electron chi connectivity index (χ2n) is 3.82. The summed E-state index contributed by atoms with van der Waals surface area (Å²) in [5.41, 5.74) is 0. The SMILES string of the molecule is CC(C)CNC(=O)C(C)n1ccnc1. The van der Waals surface area contributed by atoms with E-state index in [4.69, 9.17) is 0 Å². The fourth-order valence-corrected chi connectivity index (χ4v) is 1.09. The number of imidazole rings is 1. The topological polar surface area (TPSA) is 46.9 Å². The summed E-state index contributed by atoms with van der Waals surface area (Å²) in [5.74, 6) is 0.519. The van der Waals surface area contributed by atoms with E-state index in [-0.39, 0.29) is 11.9 Å². The number of carbonyl (C=O) groups excluding carboxylic acids is 1. The summed E-state index contributed by atoms with van der Waals surface area (Å²) in [7, 11) is 0. The maximum Gasteiger partial charge on any atom is 0.242 e. The zero-order valence-electron chi connectivity index (χ0n) is 8.90. The molecule has 1 amide bonds. The van der Waals surface area contributed by atoms with Crippen molar-refractivity contribution >= 4 is 5.91 Å². The molecule has 14 heavy (non-hydrogen) atoms. The molecule has 0 aliphatic carbocycles. The summed E-state index contributed by atoms with van der Waals surface area (Å²) in [4.78, 5) is 15.5. The van der Waals surface area contributed by atoms with E-state index in [2.05, 4.69) is 24.1 Å². The lowest BCUT2D eigenvalue weighted by Gasteiger charge is -2.14. The quantitative estimate of drug-likeness (QED) is 0.785. The Morgan fingerprint density at radius 1 is 1.50 bits per heavy atom. The zero-order valence-corrected chi connectivity index (χ0v) is 8.90. The van der Waals surface area contributed by atoms with E-state index in [1.54, 1.807) is 23.3 Å². The molecule has 1 atom stereocenters. The maximum atomic E-state index is 11.6. The van der Waals surface area contributed by atoms with E-state index in [9.17, 15) is 4.79 Å². The van der Waals surface area contributed by atoms with Crippen molar-refractivity contribution in [3.63, 3.8) is 0 Å². The van der Waals surface area contributed by atoms with Crippen LogP contribution in [0.4, 0.5) is 0 Å². The summed E-state index contributed by atoms with van der Waals surface area (Å²) in [6.07, 6.45) is 5.12. The molecule has 1 aromatic heterocycles. The van der Waals surface area contributed by atoms with Crippen LogP contribution in [0.3, 0.4) is 0 Å². The predicted molar refractivity (Wildman–Crippen MR) is 54.8 cm³/mol. The molecular formula is C10H17N3O. The smallest absolute Gasteiger partial charge is 0.242 e. The first-order chi connectivity index (χ1) is 6.61. The molecule has 0 aliphatic rings. The number of nitrogens with one attached hydrogen (secondary N) is 1. The molecule has 1 N–H and O–H groups in total. The minimum atomic E-state index is -0.184. The van der Waals surface area contributed by atoms with Gasteiger partial charge in [0.25, 0.3) is 0 Å². The summed E-state index contributed by atoms with van der Waals surface area (Å²) in [6.45, 7) is 6.72. The van der Waals surface area contributed by atoms with Gasteiger partial charge in [0.05, 0.1) is 6.33 Å². The molecule has 0 aliphatic heterocycles. The predicted octanol–water partition coefficient (Wildman–Crippen LogP) is 1.22. The van der Waals surface area contributed by atoms with Gasteiger partial charge in [0.2, 0.25) is 5.91 Å². The Kier molecular flexibility index (Phi) is 3.68. The monoisotopic (exact) mass is 195 g/mol. The number of aromatic nitrogens is 2. The minimum Gasteiger partial charge on any atom is -0.354 e. The lowest BCUT2D eigenvalue weighted by Crippen LogP contribution is -2.33. The maximum absolute atomic E-state index is 11.6. The van der Waals surface area contributed by atoms with Gasteiger partial charge in [-0.15, -0.1) is 0 Å². The van der Waals surface area contributed by atoms with Gasteiger partial charge in [-0.1, -0.05) is 13.8 Å². The van der Waals surface area contributed by atoms with Crippen molar-refractivity contribution in [1.29, 1.82) is 0 Å². The van der Waals surface area contributed by atoms with Crippen molar-refractivity contribution in [3.8, 4) is 0 Å². The largest absolute Gasteiger partial charge is 0.354 e. The van der Waals surface area contributed by atoms with Crippen LogP contribution in [0.2, 0.25) is 0 Å². The second-order valence-corrected chi connectivity index (χ2v) is 3.82. The molecule has 78 valence electrons. The van der Waals surface area contributed by atoms with Gasteiger partial charge in [0, 0.05) is 18.9 Å². The standard InChI is InChI=1S/C10H17N3O/c1-8(2)6-12-10(14)9(3)13-5-4-11-7-13/h4-5,7-9H,6H2,1-3H3,(H,12,14). The molecule has 0 spiro atoms. The highest BCUT2D eigenvalue weighted by molar-refractivity contribution is 5.79. The Morgan fingerprint density at radius 3 is 2.71 bits per heavy atom. The van der Waals surface area contributed by atoms with E-state index < -0.39 is 0 Å². The lowest BCUT2D eigenvalue weighted by molar-refractivity contribution is -0.124. The molecule has 0 bridgehead atoms. The Balaban J connectivity index is 2.45. The van der Waals surface area contributed by atoms with Crippen LogP contribution >= 0.6 is 0 Å². The minimum absolute atomic E-state index is 0.0386. The summed E-state index contributed by atoms with van der Waals surface area (Å²) in [5, 5.41) is 2.88. The lowest BCUT2D eigenvalue weighted by atomic mass is 10.2. The summed E-state index contributed by atoms with van der Waals surface area (Å²) in [6, 6.07) is -0.184. The van der Waals surface area contributed by atoms with Gasteiger partial charge in [-0.3, -0.25) is 4.79 Å². The van der Waals surface area contributed by atoms with Gasteiger partial charge in [-0.2, -0.15) is 0 Å². The Bertz CT molecular complexity index is 280. The normalized spacial score (nSPS) is 12.9. The van der Waals surface area contributed by atoms with E-state index in [1.807, 2.05) is 6.92 Å². The van der Waals surface area contributed by atoms with E-state index in [0.717, 1.165) is 6.54 Å². The third-order valence-electron chi connectivity index (χ3n) is 2.04. The first kappa shape index (κ1) is 10.8. The van der Waals surface area contributed by atoms with Crippen molar-refractivity contribution in [2.75, 3.05) is 6.54 Å². The molecule has 4 heteroatoms. The number of carbonyl (C=O) groups is 1. The van der Waals surface area contributed by atoms with Crippen molar-refractivity contribution in [2.45, 2.75) is 26.8 Å². The fourth-order valence-electron chi connectivity index (χ4n) is 1.09. The number of amides is 1. The van der Waals surface area contributed by atoms with Crippen molar-refractivity contribution in [3.05, 3.63) is 18.7 Å². The highest BCUT2D eigenvalue weighted by Crippen LogP contribution is 2.04. The highest BCUT2D eigenvalue weighted by Gasteiger charge is 2.13. The van der Waals surface area contributed by atoms with Crippen LogP contribution in [-0.2, 0) is 4.79 Å². The molecule has 4 nitrogen and oxygen atoms in total. The van der Waals surface area contributed by atoms with Gasteiger partial charge in [0.1, 0.15) is 6.04 Å². The van der Waals surface area contributed by atoms with Gasteiger partial charge in [0.15, 0.2) is 0 Å². The zero-order chi connectivity index (χ0) is 10.6.